The van der Waals surface area contributed by atoms with Crippen molar-refractivity contribution >= 4 is 11.7 Å². The van der Waals surface area contributed by atoms with E-state index in [2.05, 4.69) is 31.5 Å². The van der Waals surface area contributed by atoms with Crippen molar-refractivity contribution in [3.05, 3.63) is 71.3 Å². The van der Waals surface area contributed by atoms with E-state index < -0.39 is 0 Å². The molecule has 0 aromatic heterocycles. The van der Waals surface area contributed by atoms with Crippen molar-refractivity contribution in [3.63, 3.8) is 0 Å². The maximum atomic E-state index is 12.0. The van der Waals surface area contributed by atoms with Crippen LogP contribution in [0.3, 0.4) is 0 Å². The van der Waals surface area contributed by atoms with Crippen molar-refractivity contribution in [2.24, 2.45) is 0 Å². The Hall–Kier alpha value is -2.46. The third-order valence-electron chi connectivity index (χ3n) is 3.75. The quantitative estimate of drug-likeness (QED) is 0.725. The summed E-state index contributed by atoms with van der Waals surface area (Å²) in [5.41, 5.74) is 3.00. The lowest BCUT2D eigenvalue weighted by Gasteiger charge is -2.09. The van der Waals surface area contributed by atoms with Crippen LogP contribution in [0.25, 0.3) is 0 Å². The van der Waals surface area contributed by atoms with Gasteiger partial charge < -0.3 is 10.2 Å². The molecule has 0 aliphatic carbocycles. The lowest BCUT2D eigenvalue weighted by atomic mass is 10.1. The van der Waals surface area contributed by atoms with Crippen LogP contribution in [0.5, 0.6) is 0 Å². The van der Waals surface area contributed by atoms with Crippen LogP contribution in [0.1, 0.15) is 34.3 Å². The van der Waals surface area contributed by atoms with Crippen molar-refractivity contribution in [1.82, 2.24) is 5.32 Å². The molecule has 0 radical (unpaired) electrons. The van der Waals surface area contributed by atoms with Crippen molar-refractivity contribution in [2.45, 2.75) is 25.9 Å². The third-order valence-corrected chi connectivity index (χ3v) is 3.75. The van der Waals surface area contributed by atoms with Gasteiger partial charge in [0.25, 0.3) is 0 Å². The van der Waals surface area contributed by atoms with Crippen LogP contribution in [0.4, 0.5) is 0 Å². The highest BCUT2D eigenvalue weighted by molar-refractivity contribution is 5.97. The van der Waals surface area contributed by atoms with Gasteiger partial charge in [-0.05, 0) is 5.56 Å². The SMILES string of the molecule is C[NH+](C)Cc1ccc(CNC(=O)CCC(=O)c2ccccc2)cc1. The van der Waals surface area contributed by atoms with Crippen molar-refractivity contribution in [1.29, 1.82) is 0 Å². The van der Waals surface area contributed by atoms with E-state index in [-0.39, 0.29) is 24.5 Å². The zero-order valence-corrected chi connectivity index (χ0v) is 14.3. The first-order chi connectivity index (χ1) is 11.5. The molecule has 0 heterocycles. The monoisotopic (exact) mass is 325 g/mol. The van der Waals surface area contributed by atoms with Crippen LogP contribution in [-0.4, -0.2) is 25.8 Å². The molecule has 2 aromatic rings. The largest absolute Gasteiger partial charge is 0.352 e. The Morgan fingerprint density at radius 1 is 0.875 bits per heavy atom. The smallest absolute Gasteiger partial charge is 0.220 e. The van der Waals surface area contributed by atoms with Gasteiger partial charge in [0, 0.05) is 30.5 Å². The van der Waals surface area contributed by atoms with E-state index in [1.165, 1.54) is 10.5 Å². The van der Waals surface area contributed by atoms with E-state index in [1.54, 1.807) is 12.1 Å². The number of ketones is 1. The summed E-state index contributed by atoms with van der Waals surface area (Å²) < 4.78 is 0. The molecule has 4 nitrogen and oxygen atoms in total. The van der Waals surface area contributed by atoms with Gasteiger partial charge in [0.1, 0.15) is 6.54 Å². The Kier molecular flexibility index (Phi) is 6.70. The van der Waals surface area contributed by atoms with Crippen LogP contribution in [0, 0.1) is 0 Å². The summed E-state index contributed by atoms with van der Waals surface area (Å²) in [4.78, 5) is 25.2. The lowest BCUT2D eigenvalue weighted by molar-refractivity contribution is -0.872. The summed E-state index contributed by atoms with van der Waals surface area (Å²) >= 11 is 0. The molecule has 126 valence electrons. The Morgan fingerprint density at radius 3 is 2.12 bits per heavy atom. The van der Waals surface area contributed by atoms with Crippen LogP contribution in [-0.2, 0) is 17.9 Å². The number of rotatable bonds is 8. The second-order valence-corrected chi connectivity index (χ2v) is 6.27. The fourth-order valence-electron chi connectivity index (χ4n) is 2.47. The van der Waals surface area contributed by atoms with E-state index in [0.29, 0.717) is 12.1 Å². The predicted molar refractivity (Wildman–Crippen MR) is 94.8 cm³/mol. The maximum absolute atomic E-state index is 12.0. The molecule has 0 aliphatic rings. The highest BCUT2D eigenvalue weighted by atomic mass is 16.2. The molecule has 2 N–H and O–H groups in total. The first kappa shape index (κ1) is 17.9. The van der Waals surface area contributed by atoms with Crippen molar-refractivity contribution in [2.75, 3.05) is 14.1 Å². The fraction of sp³-hybridized carbons (Fsp3) is 0.300. The Bertz CT molecular complexity index is 664. The molecule has 2 aromatic carbocycles. The second-order valence-electron chi connectivity index (χ2n) is 6.27. The molecule has 0 atom stereocenters. The Labute approximate surface area is 143 Å². The van der Waals surface area contributed by atoms with Crippen molar-refractivity contribution < 1.29 is 14.5 Å². The minimum Gasteiger partial charge on any atom is -0.352 e. The summed E-state index contributed by atoms with van der Waals surface area (Å²) in [7, 11) is 4.23. The van der Waals surface area contributed by atoms with Crippen LogP contribution in [0.2, 0.25) is 0 Å². The highest BCUT2D eigenvalue weighted by Crippen LogP contribution is 2.06. The summed E-state index contributed by atoms with van der Waals surface area (Å²) in [6.45, 7) is 1.47. The zero-order chi connectivity index (χ0) is 17.4. The van der Waals surface area contributed by atoms with Crippen molar-refractivity contribution in [3.8, 4) is 0 Å². The fourth-order valence-corrected chi connectivity index (χ4v) is 2.47. The van der Waals surface area contributed by atoms with E-state index in [9.17, 15) is 9.59 Å². The van der Waals surface area contributed by atoms with Gasteiger partial charge in [-0.2, -0.15) is 0 Å². The molecule has 4 heteroatoms. The van der Waals surface area contributed by atoms with Crippen LogP contribution < -0.4 is 10.2 Å². The first-order valence-electron chi connectivity index (χ1n) is 8.26. The Morgan fingerprint density at radius 2 is 1.50 bits per heavy atom. The van der Waals surface area contributed by atoms with E-state index in [4.69, 9.17) is 0 Å². The molecule has 2 rings (SSSR count). The number of quaternary nitrogens is 1. The lowest BCUT2D eigenvalue weighted by Crippen LogP contribution is -3.04. The van der Waals surface area contributed by atoms with E-state index in [0.717, 1.165) is 12.1 Å². The van der Waals surface area contributed by atoms with E-state index >= 15 is 0 Å². The van der Waals surface area contributed by atoms with Gasteiger partial charge >= 0.3 is 0 Å². The number of nitrogens with one attached hydrogen (secondary N) is 2. The predicted octanol–water partition coefficient (Wildman–Crippen LogP) is 1.61. The topological polar surface area (TPSA) is 50.6 Å². The summed E-state index contributed by atoms with van der Waals surface area (Å²) in [5, 5.41) is 2.87. The summed E-state index contributed by atoms with van der Waals surface area (Å²) in [6.07, 6.45) is 0.455. The molecular weight excluding hydrogens is 300 g/mol. The van der Waals surface area contributed by atoms with Gasteiger partial charge in [-0.25, -0.2) is 0 Å². The number of hydrogen-bond donors (Lipinski definition) is 2. The van der Waals surface area contributed by atoms with Gasteiger partial charge in [-0.1, -0.05) is 54.6 Å². The summed E-state index contributed by atoms with van der Waals surface area (Å²) in [5.74, 6) is -0.0950. The first-order valence-corrected chi connectivity index (χ1v) is 8.26. The average molecular weight is 325 g/mol. The molecule has 0 unspecified atom stereocenters. The molecule has 1 amide bonds. The third kappa shape index (κ3) is 5.97. The highest BCUT2D eigenvalue weighted by Gasteiger charge is 2.09. The average Bonchev–Trinajstić information content (AvgIpc) is 2.59. The minimum absolute atomic E-state index is 0.00119. The molecule has 0 saturated carbocycles. The number of hydrogen-bond acceptors (Lipinski definition) is 2. The summed E-state index contributed by atoms with van der Waals surface area (Å²) in [6, 6.07) is 17.3. The molecule has 0 spiro atoms. The van der Waals surface area contributed by atoms with Gasteiger partial charge in [-0.3, -0.25) is 9.59 Å². The number of Topliss-reactive ketones (excluding diaryl/α,β-unsaturated/α-hetero) is 1. The van der Waals surface area contributed by atoms with Gasteiger partial charge in [0.2, 0.25) is 5.91 Å². The molecule has 0 saturated heterocycles. The molecule has 24 heavy (non-hydrogen) atoms. The second kappa shape index (κ2) is 8.99. The van der Waals surface area contributed by atoms with Gasteiger partial charge in [-0.15, -0.1) is 0 Å². The van der Waals surface area contributed by atoms with E-state index in [1.807, 2.05) is 30.3 Å². The standard InChI is InChI=1S/C20H24N2O2/c1-22(2)15-17-10-8-16(9-11-17)14-21-20(24)13-12-19(23)18-6-4-3-5-7-18/h3-11H,12-15H2,1-2H3,(H,21,24)/p+1. The van der Waals surface area contributed by atoms with Crippen LogP contribution in [0.15, 0.2) is 54.6 Å². The molecule has 0 fully saturated rings. The number of carbonyl (C=O) groups is 2. The normalized spacial score (nSPS) is 10.6. The zero-order valence-electron chi connectivity index (χ0n) is 14.3. The number of carbonyl (C=O) groups excluding carboxylic acids is 2. The minimum atomic E-state index is -0.0962. The van der Waals surface area contributed by atoms with Gasteiger partial charge in [0.15, 0.2) is 5.78 Å². The number of amides is 1. The molecule has 0 bridgehead atoms. The molecular formula is C20H25N2O2+. The Balaban J connectivity index is 1.74. The van der Waals surface area contributed by atoms with Crippen LogP contribution >= 0.6 is 0 Å². The van der Waals surface area contributed by atoms with Gasteiger partial charge in [0.05, 0.1) is 14.1 Å². The number of benzene rings is 2. The maximum Gasteiger partial charge on any atom is 0.220 e. The molecule has 0 aliphatic heterocycles.